The Kier molecular flexibility index (Phi) is 8.19. The van der Waals surface area contributed by atoms with E-state index < -0.39 is 18.0 Å². The predicted octanol–water partition coefficient (Wildman–Crippen LogP) is 2.47. The van der Waals surface area contributed by atoms with Crippen molar-refractivity contribution in [2.24, 2.45) is 17.8 Å². The van der Waals surface area contributed by atoms with Crippen LogP contribution in [-0.2, 0) is 4.79 Å². The van der Waals surface area contributed by atoms with Gasteiger partial charge in [-0.3, -0.25) is 0 Å². The molecule has 1 atom stereocenters. The van der Waals surface area contributed by atoms with Crippen molar-refractivity contribution in [2.45, 2.75) is 53.5 Å². The van der Waals surface area contributed by atoms with Crippen LogP contribution < -0.4 is 10.6 Å². The molecule has 0 unspecified atom stereocenters. The third-order valence-corrected chi connectivity index (χ3v) is 3.39. The van der Waals surface area contributed by atoms with E-state index in [4.69, 9.17) is 5.11 Å². The molecule has 0 radical (unpaired) electrons. The van der Waals surface area contributed by atoms with Gasteiger partial charge in [0.25, 0.3) is 0 Å². The van der Waals surface area contributed by atoms with Gasteiger partial charge in [0.05, 0.1) is 0 Å². The molecule has 0 aromatic rings. The Labute approximate surface area is 116 Å². The highest BCUT2D eigenvalue weighted by molar-refractivity contribution is 5.82. The van der Waals surface area contributed by atoms with Crippen LogP contribution in [0.25, 0.3) is 0 Å². The number of rotatable bonds is 8. The maximum atomic E-state index is 11.7. The number of carbonyl (C=O) groups is 2. The standard InChI is InChI=1S/C14H28N2O3/c1-6-7-12(13(17)18)16-14(19)15-8-11(9(2)3)10(4)5/h9-12H,6-8H2,1-5H3,(H,17,18)(H2,15,16,19)/t12-/m0/s1. The Bertz CT molecular complexity index is 282. The lowest BCUT2D eigenvalue weighted by Crippen LogP contribution is -2.47. The van der Waals surface area contributed by atoms with Crippen LogP contribution in [0.5, 0.6) is 0 Å². The Morgan fingerprint density at radius 1 is 1.11 bits per heavy atom. The van der Waals surface area contributed by atoms with E-state index >= 15 is 0 Å². The van der Waals surface area contributed by atoms with Crippen LogP contribution in [0.4, 0.5) is 4.79 Å². The number of nitrogens with one attached hydrogen (secondary N) is 2. The number of carboxylic acid groups (broad SMARTS) is 1. The number of hydrogen-bond acceptors (Lipinski definition) is 2. The molecule has 5 nitrogen and oxygen atoms in total. The van der Waals surface area contributed by atoms with Gasteiger partial charge >= 0.3 is 12.0 Å². The van der Waals surface area contributed by atoms with Crippen LogP contribution >= 0.6 is 0 Å². The highest BCUT2D eigenvalue weighted by Crippen LogP contribution is 2.19. The van der Waals surface area contributed by atoms with E-state index in [2.05, 4.69) is 38.3 Å². The Morgan fingerprint density at radius 2 is 1.63 bits per heavy atom. The lowest BCUT2D eigenvalue weighted by Gasteiger charge is -2.25. The van der Waals surface area contributed by atoms with Gasteiger partial charge in [-0.1, -0.05) is 41.0 Å². The smallest absolute Gasteiger partial charge is 0.326 e. The molecule has 0 heterocycles. The van der Waals surface area contributed by atoms with Crippen molar-refractivity contribution >= 4 is 12.0 Å². The maximum Gasteiger partial charge on any atom is 0.326 e. The zero-order valence-corrected chi connectivity index (χ0v) is 12.7. The maximum absolute atomic E-state index is 11.7. The zero-order chi connectivity index (χ0) is 15.0. The van der Waals surface area contributed by atoms with E-state index in [-0.39, 0.29) is 0 Å². The van der Waals surface area contributed by atoms with Crippen LogP contribution in [-0.4, -0.2) is 29.7 Å². The molecule has 3 N–H and O–H groups in total. The van der Waals surface area contributed by atoms with Crippen LogP contribution in [0.15, 0.2) is 0 Å². The van der Waals surface area contributed by atoms with Crippen molar-refractivity contribution in [3.05, 3.63) is 0 Å². The van der Waals surface area contributed by atoms with Gasteiger partial charge in [-0.2, -0.15) is 0 Å². The molecule has 0 aromatic heterocycles. The molecule has 0 fully saturated rings. The second kappa shape index (κ2) is 8.77. The van der Waals surface area contributed by atoms with E-state index in [1.807, 2.05) is 6.92 Å². The van der Waals surface area contributed by atoms with E-state index in [1.54, 1.807) is 0 Å². The van der Waals surface area contributed by atoms with Crippen molar-refractivity contribution in [3.8, 4) is 0 Å². The Hall–Kier alpha value is -1.26. The third-order valence-electron chi connectivity index (χ3n) is 3.39. The van der Waals surface area contributed by atoms with Gasteiger partial charge < -0.3 is 15.7 Å². The first kappa shape index (κ1) is 17.7. The summed E-state index contributed by atoms with van der Waals surface area (Å²) in [7, 11) is 0. The summed E-state index contributed by atoms with van der Waals surface area (Å²) in [5.74, 6) is 0.360. The summed E-state index contributed by atoms with van der Waals surface area (Å²) in [6.45, 7) is 11.0. The summed E-state index contributed by atoms with van der Waals surface area (Å²) >= 11 is 0. The normalized spacial score (nSPS) is 12.8. The molecule has 0 bridgehead atoms. The van der Waals surface area contributed by atoms with Crippen LogP contribution in [0, 0.1) is 17.8 Å². The molecule has 0 aliphatic rings. The van der Waals surface area contributed by atoms with Crippen molar-refractivity contribution in [3.63, 3.8) is 0 Å². The van der Waals surface area contributed by atoms with Crippen molar-refractivity contribution < 1.29 is 14.7 Å². The molecular formula is C14H28N2O3. The monoisotopic (exact) mass is 272 g/mol. The fourth-order valence-corrected chi connectivity index (χ4v) is 2.21. The van der Waals surface area contributed by atoms with Gasteiger partial charge in [0, 0.05) is 6.54 Å². The topological polar surface area (TPSA) is 78.4 Å². The first-order chi connectivity index (χ1) is 8.79. The number of hydrogen-bond donors (Lipinski definition) is 3. The molecule has 19 heavy (non-hydrogen) atoms. The molecule has 5 heteroatoms. The molecular weight excluding hydrogens is 244 g/mol. The van der Waals surface area contributed by atoms with Crippen LogP contribution in [0.2, 0.25) is 0 Å². The van der Waals surface area contributed by atoms with E-state index in [0.717, 1.165) is 6.42 Å². The SMILES string of the molecule is CCC[C@H](NC(=O)NCC(C(C)C)C(C)C)C(=O)O. The average Bonchev–Trinajstić information content (AvgIpc) is 2.27. The second-order valence-electron chi connectivity index (χ2n) is 5.69. The second-order valence-corrected chi connectivity index (χ2v) is 5.69. The molecule has 2 amide bonds. The molecule has 112 valence electrons. The number of aliphatic carboxylic acids is 1. The van der Waals surface area contributed by atoms with Gasteiger partial charge in [-0.25, -0.2) is 9.59 Å². The summed E-state index contributed by atoms with van der Waals surface area (Å²) in [6, 6.07) is -1.20. The van der Waals surface area contributed by atoms with Gasteiger partial charge in [0.15, 0.2) is 0 Å². The Balaban J connectivity index is 4.26. The summed E-state index contributed by atoms with van der Waals surface area (Å²) in [5, 5.41) is 14.2. The van der Waals surface area contributed by atoms with Gasteiger partial charge in [-0.05, 0) is 24.2 Å². The largest absolute Gasteiger partial charge is 0.480 e. The van der Waals surface area contributed by atoms with E-state index in [9.17, 15) is 9.59 Å². The first-order valence-corrected chi connectivity index (χ1v) is 7.06. The molecule has 0 rings (SSSR count). The highest BCUT2D eigenvalue weighted by Gasteiger charge is 2.21. The van der Waals surface area contributed by atoms with E-state index in [0.29, 0.717) is 30.7 Å². The average molecular weight is 272 g/mol. The minimum atomic E-state index is -0.985. The molecule has 0 saturated heterocycles. The van der Waals surface area contributed by atoms with Crippen molar-refractivity contribution in [1.29, 1.82) is 0 Å². The van der Waals surface area contributed by atoms with Crippen LogP contribution in [0.1, 0.15) is 47.5 Å². The zero-order valence-electron chi connectivity index (χ0n) is 12.7. The lowest BCUT2D eigenvalue weighted by molar-refractivity contribution is -0.139. The number of carbonyl (C=O) groups excluding carboxylic acids is 1. The Morgan fingerprint density at radius 3 is 2.00 bits per heavy atom. The number of urea groups is 1. The predicted molar refractivity (Wildman–Crippen MR) is 76.0 cm³/mol. The molecule has 0 aliphatic heterocycles. The molecule has 0 spiro atoms. The summed E-state index contributed by atoms with van der Waals surface area (Å²) in [5.41, 5.74) is 0. The quantitative estimate of drug-likeness (QED) is 0.635. The fourth-order valence-electron chi connectivity index (χ4n) is 2.21. The van der Waals surface area contributed by atoms with Crippen LogP contribution in [0.3, 0.4) is 0 Å². The number of carboxylic acids is 1. The van der Waals surface area contributed by atoms with Crippen molar-refractivity contribution in [1.82, 2.24) is 10.6 Å². The molecule has 0 saturated carbocycles. The minimum Gasteiger partial charge on any atom is -0.480 e. The minimum absolute atomic E-state index is 0.389. The third kappa shape index (κ3) is 7.03. The summed E-state index contributed by atoms with van der Waals surface area (Å²) in [4.78, 5) is 22.6. The summed E-state index contributed by atoms with van der Waals surface area (Å²) < 4.78 is 0. The van der Waals surface area contributed by atoms with E-state index in [1.165, 1.54) is 0 Å². The van der Waals surface area contributed by atoms with Crippen molar-refractivity contribution in [2.75, 3.05) is 6.54 Å². The highest BCUT2D eigenvalue weighted by atomic mass is 16.4. The van der Waals surface area contributed by atoms with Gasteiger partial charge in [0.1, 0.15) is 6.04 Å². The molecule has 0 aliphatic carbocycles. The van der Waals surface area contributed by atoms with Gasteiger partial charge in [0.2, 0.25) is 0 Å². The van der Waals surface area contributed by atoms with Gasteiger partial charge in [-0.15, -0.1) is 0 Å². The molecule has 0 aromatic carbocycles. The summed E-state index contributed by atoms with van der Waals surface area (Å²) in [6.07, 6.45) is 1.17. The first-order valence-electron chi connectivity index (χ1n) is 7.06. The number of amides is 2. The lowest BCUT2D eigenvalue weighted by atomic mass is 9.85. The fraction of sp³-hybridized carbons (Fsp3) is 0.857.